The van der Waals surface area contributed by atoms with E-state index in [2.05, 4.69) is 0 Å². The van der Waals surface area contributed by atoms with Gasteiger partial charge in [0.05, 0.1) is 23.5 Å². The van der Waals surface area contributed by atoms with Gasteiger partial charge in [-0.05, 0) is 26.7 Å². The van der Waals surface area contributed by atoms with Crippen LogP contribution in [0.4, 0.5) is 0 Å². The highest BCUT2D eigenvalue weighted by atomic mass is 16.5. The lowest BCUT2D eigenvalue weighted by molar-refractivity contribution is -0.186. The Morgan fingerprint density at radius 1 is 0.846 bits per heavy atom. The molecule has 4 heterocycles. The second kappa shape index (κ2) is 5.32. The van der Waals surface area contributed by atoms with E-state index < -0.39 is 28.6 Å². The summed E-state index contributed by atoms with van der Waals surface area (Å²) in [5, 5.41) is 0. The quantitative estimate of drug-likeness (QED) is 0.611. The molecule has 4 aliphatic heterocycles. The second-order valence-electron chi connectivity index (χ2n) is 9.18. The summed E-state index contributed by atoms with van der Waals surface area (Å²) in [6, 6.07) is 0. The van der Waals surface area contributed by atoms with Crippen molar-refractivity contribution in [1.29, 1.82) is 0 Å². The second-order valence-corrected chi connectivity index (χ2v) is 9.18. The van der Waals surface area contributed by atoms with Gasteiger partial charge in [-0.15, -0.1) is 0 Å². The fourth-order valence-electron chi connectivity index (χ4n) is 5.43. The smallest absolute Gasteiger partial charge is 0.181 e. The van der Waals surface area contributed by atoms with Crippen molar-refractivity contribution >= 4 is 23.1 Å². The van der Waals surface area contributed by atoms with Gasteiger partial charge in [-0.25, -0.2) is 0 Å². The molecule has 4 bridgehead atoms. The number of fused-ring (bicyclic) bond motifs is 7. The summed E-state index contributed by atoms with van der Waals surface area (Å²) >= 11 is 0. The van der Waals surface area contributed by atoms with Gasteiger partial charge < -0.3 is 9.47 Å². The van der Waals surface area contributed by atoms with Gasteiger partial charge in [0.2, 0.25) is 0 Å². The predicted octanol–water partition coefficient (Wildman–Crippen LogP) is 1.81. The zero-order valence-corrected chi connectivity index (χ0v) is 15.8. The molecule has 2 unspecified atom stereocenters. The highest BCUT2D eigenvalue weighted by molar-refractivity contribution is 6.11. The first-order valence-corrected chi connectivity index (χ1v) is 9.51. The molecule has 0 radical (unpaired) electrons. The summed E-state index contributed by atoms with van der Waals surface area (Å²) in [6.45, 7) is 6.85. The monoisotopic (exact) mass is 362 g/mol. The first kappa shape index (κ1) is 18.0. The lowest BCUT2D eigenvalue weighted by Crippen LogP contribution is -2.57. The number of ether oxygens (including phenoxy) is 2. The minimum atomic E-state index is -1.50. The molecule has 0 N–H and O–H groups in total. The van der Waals surface area contributed by atoms with Crippen LogP contribution in [-0.2, 0) is 28.7 Å². The maximum atomic E-state index is 13.6. The molecule has 4 fully saturated rings. The lowest BCUT2D eigenvalue weighted by Gasteiger charge is -2.43. The molecule has 0 aromatic heterocycles. The van der Waals surface area contributed by atoms with E-state index in [1.54, 1.807) is 27.7 Å². The first-order chi connectivity index (χ1) is 12.0. The third-order valence-electron chi connectivity index (χ3n) is 7.32. The summed E-state index contributed by atoms with van der Waals surface area (Å²) < 4.78 is 12.0. The molecule has 142 valence electrons. The number of carbonyl (C=O) groups is 4. The number of carbonyl (C=O) groups excluding carboxylic acids is 4. The predicted molar refractivity (Wildman–Crippen MR) is 90.4 cm³/mol. The SMILES string of the molecule is CC1(C)C(=O)C2C(CC(=O)[C@]3(C)O[C@@H]1CCC3=O)[C@@H]1CCC(=O)[C@@]2(C)O1. The van der Waals surface area contributed by atoms with E-state index in [1.807, 2.05) is 0 Å². The fraction of sp³-hybridized carbons (Fsp3) is 0.800. The molecule has 6 nitrogen and oxygen atoms in total. The molecular weight excluding hydrogens is 336 g/mol. The molecule has 6 heteroatoms. The highest BCUT2D eigenvalue weighted by Crippen LogP contribution is 2.53. The molecule has 0 spiro atoms. The Morgan fingerprint density at radius 3 is 2.19 bits per heavy atom. The molecular formula is C20H26O6. The fourth-order valence-corrected chi connectivity index (χ4v) is 5.43. The van der Waals surface area contributed by atoms with Crippen LogP contribution in [-0.4, -0.2) is 46.5 Å². The maximum absolute atomic E-state index is 13.6. The zero-order valence-electron chi connectivity index (χ0n) is 15.8. The molecule has 6 atom stereocenters. The van der Waals surface area contributed by atoms with Crippen LogP contribution in [0.25, 0.3) is 0 Å². The van der Waals surface area contributed by atoms with Crippen molar-refractivity contribution in [2.45, 2.75) is 83.2 Å². The minimum Gasteiger partial charge on any atom is -0.363 e. The highest BCUT2D eigenvalue weighted by Gasteiger charge is 2.66. The molecule has 0 saturated carbocycles. The summed E-state index contributed by atoms with van der Waals surface area (Å²) in [6.07, 6.45) is 0.733. The average molecular weight is 362 g/mol. The van der Waals surface area contributed by atoms with Crippen LogP contribution in [0.5, 0.6) is 0 Å². The topological polar surface area (TPSA) is 86.7 Å². The van der Waals surface area contributed by atoms with Crippen LogP contribution < -0.4 is 0 Å². The zero-order chi connectivity index (χ0) is 19.1. The largest absolute Gasteiger partial charge is 0.363 e. The van der Waals surface area contributed by atoms with Gasteiger partial charge in [-0.3, -0.25) is 19.2 Å². The van der Waals surface area contributed by atoms with Gasteiger partial charge in [0.15, 0.2) is 23.0 Å². The molecule has 0 aromatic rings. The summed E-state index contributed by atoms with van der Waals surface area (Å²) in [4.78, 5) is 51.9. The van der Waals surface area contributed by atoms with Crippen molar-refractivity contribution in [2.24, 2.45) is 17.3 Å². The minimum absolute atomic E-state index is 0.0367. The standard InChI is InChI=1S/C20H26O6/c1-18(2)15-8-7-12(21)19(3,26-15)14(23)9-10-11-5-6-13(22)20(4,25-11)16(10)17(18)24/h10-11,15-16H,5-9H2,1-4H3/t10?,11-,15+,16?,19+,20+/m0/s1. The van der Waals surface area contributed by atoms with E-state index in [0.29, 0.717) is 19.3 Å². The first-order valence-electron chi connectivity index (χ1n) is 9.51. The van der Waals surface area contributed by atoms with Crippen molar-refractivity contribution < 1.29 is 28.7 Å². The summed E-state index contributed by atoms with van der Waals surface area (Å²) in [7, 11) is 0. The van der Waals surface area contributed by atoms with Gasteiger partial charge >= 0.3 is 0 Å². The van der Waals surface area contributed by atoms with Crippen molar-refractivity contribution in [3.63, 3.8) is 0 Å². The van der Waals surface area contributed by atoms with E-state index >= 15 is 0 Å². The molecule has 0 aromatic carbocycles. The average Bonchev–Trinajstić information content (AvgIpc) is 2.81. The third kappa shape index (κ3) is 2.12. The van der Waals surface area contributed by atoms with Crippen LogP contribution in [0.1, 0.15) is 59.8 Å². The van der Waals surface area contributed by atoms with E-state index in [4.69, 9.17) is 9.47 Å². The Morgan fingerprint density at radius 2 is 1.50 bits per heavy atom. The van der Waals surface area contributed by atoms with E-state index in [1.165, 1.54) is 0 Å². The Labute approximate surface area is 153 Å². The van der Waals surface area contributed by atoms with E-state index in [9.17, 15) is 19.2 Å². The summed E-state index contributed by atoms with van der Waals surface area (Å²) in [5.41, 5.74) is -3.58. The van der Waals surface area contributed by atoms with E-state index in [-0.39, 0.29) is 48.0 Å². The van der Waals surface area contributed by atoms with Crippen molar-refractivity contribution in [3.8, 4) is 0 Å². The number of hydrogen-bond donors (Lipinski definition) is 0. The van der Waals surface area contributed by atoms with Gasteiger partial charge in [0.1, 0.15) is 11.4 Å². The van der Waals surface area contributed by atoms with Crippen LogP contribution in [0.3, 0.4) is 0 Å². The Hall–Kier alpha value is -1.40. The van der Waals surface area contributed by atoms with Crippen molar-refractivity contribution in [2.75, 3.05) is 0 Å². The van der Waals surface area contributed by atoms with E-state index in [0.717, 1.165) is 0 Å². The van der Waals surface area contributed by atoms with Crippen molar-refractivity contribution in [3.05, 3.63) is 0 Å². The number of hydrogen-bond acceptors (Lipinski definition) is 6. The van der Waals surface area contributed by atoms with Gasteiger partial charge in [0, 0.05) is 25.2 Å². The molecule has 26 heavy (non-hydrogen) atoms. The number of Topliss-reactive ketones (excluding diaryl/α,β-unsaturated/α-hetero) is 4. The Kier molecular flexibility index (Phi) is 3.68. The van der Waals surface area contributed by atoms with Gasteiger partial charge in [0.25, 0.3) is 0 Å². The molecule has 0 aliphatic carbocycles. The van der Waals surface area contributed by atoms with Gasteiger partial charge in [-0.1, -0.05) is 13.8 Å². The number of rotatable bonds is 0. The Bertz CT molecular complexity index is 724. The normalized spacial score (nSPS) is 47.8. The number of ketones is 4. The molecule has 4 aliphatic rings. The van der Waals surface area contributed by atoms with Crippen LogP contribution >= 0.6 is 0 Å². The molecule has 4 saturated heterocycles. The Balaban J connectivity index is 1.87. The van der Waals surface area contributed by atoms with Gasteiger partial charge in [-0.2, -0.15) is 0 Å². The van der Waals surface area contributed by atoms with Crippen LogP contribution in [0, 0.1) is 17.3 Å². The summed E-state index contributed by atoms with van der Waals surface area (Å²) in [5.74, 6) is -1.70. The third-order valence-corrected chi connectivity index (χ3v) is 7.32. The molecule has 4 rings (SSSR count). The lowest BCUT2D eigenvalue weighted by atomic mass is 9.66. The maximum Gasteiger partial charge on any atom is 0.181 e. The van der Waals surface area contributed by atoms with Crippen LogP contribution in [0.2, 0.25) is 0 Å². The van der Waals surface area contributed by atoms with Crippen LogP contribution in [0.15, 0.2) is 0 Å². The van der Waals surface area contributed by atoms with Crippen molar-refractivity contribution in [1.82, 2.24) is 0 Å². The molecule has 0 amide bonds.